The molecule has 0 spiro atoms. The Bertz CT molecular complexity index is 978. The summed E-state index contributed by atoms with van der Waals surface area (Å²) in [7, 11) is 0. The van der Waals surface area contributed by atoms with Gasteiger partial charge in [0.25, 0.3) is 5.91 Å². The van der Waals surface area contributed by atoms with Gasteiger partial charge >= 0.3 is 0 Å². The van der Waals surface area contributed by atoms with Crippen LogP contribution in [0.15, 0.2) is 53.0 Å². The molecule has 0 aromatic heterocycles. The smallest absolute Gasteiger partial charge is 0.255 e. The number of halogens is 2. The van der Waals surface area contributed by atoms with Crippen molar-refractivity contribution in [3.8, 4) is 5.75 Å². The van der Waals surface area contributed by atoms with E-state index >= 15 is 0 Å². The summed E-state index contributed by atoms with van der Waals surface area (Å²) in [5, 5.41) is 0. The molecule has 2 aromatic rings. The highest BCUT2D eigenvalue weighted by Crippen LogP contribution is 2.36. The Balaban J connectivity index is 1.54. The minimum absolute atomic E-state index is 0.0428. The Hall–Kier alpha value is -2.41. The summed E-state index contributed by atoms with van der Waals surface area (Å²) >= 11 is 3.49. The molecule has 2 amide bonds. The normalized spacial score (nSPS) is 21.0. The first-order valence-corrected chi connectivity index (χ1v) is 12.5. The van der Waals surface area contributed by atoms with Gasteiger partial charge in [0.1, 0.15) is 11.6 Å². The van der Waals surface area contributed by atoms with Gasteiger partial charge in [0.15, 0.2) is 0 Å². The Kier molecular flexibility index (Phi) is 7.68. The average Bonchev–Trinajstić information content (AvgIpc) is 2.84. The molecule has 2 aromatic carbocycles. The molecule has 7 heteroatoms. The molecule has 2 heterocycles. The largest absolute Gasteiger partial charge is 0.493 e. The molecule has 2 saturated heterocycles. The van der Waals surface area contributed by atoms with Crippen LogP contribution in [0.3, 0.4) is 0 Å². The molecule has 0 radical (unpaired) electrons. The van der Waals surface area contributed by atoms with Crippen molar-refractivity contribution in [1.29, 1.82) is 0 Å². The molecule has 33 heavy (non-hydrogen) atoms. The Labute approximate surface area is 203 Å². The number of hydrogen-bond acceptors (Lipinski definition) is 3. The van der Waals surface area contributed by atoms with E-state index in [0.717, 1.165) is 49.7 Å². The lowest BCUT2D eigenvalue weighted by Crippen LogP contribution is -2.51. The standard InChI is InChI=1S/C26H30BrFN2O3/c27-23-8-3-2-7-22(23)25(32)30-16-6-13-26(18-30,17-24(31)29-14-4-1-5-15-29)19-33-21-11-9-20(28)10-12-21/h2-3,7-12H,1,4-6,13-19H2. The van der Waals surface area contributed by atoms with E-state index in [0.29, 0.717) is 37.4 Å². The summed E-state index contributed by atoms with van der Waals surface area (Å²) in [5.74, 6) is 0.335. The zero-order chi connectivity index (χ0) is 23.3. The van der Waals surface area contributed by atoms with Crippen LogP contribution in [0.2, 0.25) is 0 Å². The van der Waals surface area contributed by atoms with E-state index in [9.17, 15) is 14.0 Å². The van der Waals surface area contributed by atoms with E-state index in [1.54, 1.807) is 12.1 Å². The second-order valence-electron chi connectivity index (χ2n) is 9.17. The molecule has 0 bridgehead atoms. The molecule has 5 nitrogen and oxygen atoms in total. The van der Waals surface area contributed by atoms with Gasteiger partial charge in [-0.1, -0.05) is 12.1 Å². The number of rotatable bonds is 6. The van der Waals surface area contributed by atoms with Gasteiger partial charge in [0.05, 0.1) is 12.2 Å². The summed E-state index contributed by atoms with van der Waals surface area (Å²) in [4.78, 5) is 30.4. The first kappa shape index (κ1) is 23.7. The number of carbonyl (C=O) groups is 2. The Morgan fingerprint density at radius 3 is 2.36 bits per heavy atom. The topological polar surface area (TPSA) is 49.9 Å². The van der Waals surface area contributed by atoms with Crippen LogP contribution in [-0.4, -0.2) is 54.4 Å². The van der Waals surface area contributed by atoms with Crippen LogP contribution in [0, 0.1) is 11.2 Å². The van der Waals surface area contributed by atoms with E-state index in [2.05, 4.69) is 15.9 Å². The van der Waals surface area contributed by atoms with E-state index in [1.807, 2.05) is 34.1 Å². The maximum atomic E-state index is 13.3. The number of ether oxygens (including phenoxy) is 1. The van der Waals surface area contributed by atoms with Gasteiger partial charge in [0, 0.05) is 42.5 Å². The SMILES string of the molecule is O=C(CC1(COc2ccc(F)cc2)CCCN(C(=O)c2ccccc2Br)C1)N1CCCCC1. The quantitative estimate of drug-likeness (QED) is 0.523. The lowest BCUT2D eigenvalue weighted by molar-refractivity contribution is -0.136. The van der Waals surface area contributed by atoms with Crippen molar-refractivity contribution in [1.82, 2.24) is 9.80 Å². The fourth-order valence-corrected chi connectivity index (χ4v) is 5.30. The third-order valence-electron chi connectivity index (χ3n) is 6.65. The van der Waals surface area contributed by atoms with E-state index < -0.39 is 5.41 Å². The average molecular weight is 517 g/mol. The minimum atomic E-state index is -0.488. The third kappa shape index (κ3) is 5.94. The molecular formula is C26H30BrFN2O3. The van der Waals surface area contributed by atoms with Crippen molar-refractivity contribution in [2.75, 3.05) is 32.8 Å². The summed E-state index contributed by atoms with van der Waals surface area (Å²) in [6.45, 7) is 3.00. The third-order valence-corrected chi connectivity index (χ3v) is 7.34. The Morgan fingerprint density at radius 2 is 1.64 bits per heavy atom. The van der Waals surface area contributed by atoms with E-state index in [4.69, 9.17) is 4.74 Å². The Morgan fingerprint density at radius 1 is 0.939 bits per heavy atom. The van der Waals surface area contributed by atoms with E-state index in [-0.39, 0.29) is 17.6 Å². The second kappa shape index (κ2) is 10.7. The van der Waals surface area contributed by atoms with Crippen LogP contribution in [0.5, 0.6) is 5.75 Å². The van der Waals surface area contributed by atoms with Crippen LogP contribution in [-0.2, 0) is 4.79 Å². The molecule has 1 unspecified atom stereocenters. The molecule has 176 valence electrons. The maximum absolute atomic E-state index is 13.3. The van der Waals surface area contributed by atoms with Crippen molar-refractivity contribution >= 4 is 27.7 Å². The lowest BCUT2D eigenvalue weighted by Gasteiger charge is -2.43. The van der Waals surface area contributed by atoms with Crippen LogP contribution in [0.1, 0.15) is 48.9 Å². The fraction of sp³-hybridized carbons (Fsp3) is 0.462. The highest BCUT2D eigenvalue weighted by atomic mass is 79.9. The van der Waals surface area contributed by atoms with Crippen LogP contribution in [0.25, 0.3) is 0 Å². The molecule has 2 fully saturated rings. The van der Waals surface area contributed by atoms with Gasteiger partial charge in [0.2, 0.25) is 5.91 Å². The zero-order valence-electron chi connectivity index (χ0n) is 18.8. The molecule has 0 N–H and O–H groups in total. The molecule has 0 saturated carbocycles. The zero-order valence-corrected chi connectivity index (χ0v) is 20.4. The summed E-state index contributed by atoms with van der Waals surface area (Å²) in [6.07, 6.45) is 5.18. The van der Waals surface area contributed by atoms with Crippen LogP contribution < -0.4 is 4.74 Å². The van der Waals surface area contributed by atoms with Gasteiger partial charge in [-0.25, -0.2) is 4.39 Å². The molecule has 0 aliphatic carbocycles. The predicted octanol–water partition coefficient (Wildman–Crippen LogP) is 5.29. The number of benzene rings is 2. The first-order valence-electron chi connectivity index (χ1n) is 11.7. The molecule has 2 aliphatic rings. The van der Waals surface area contributed by atoms with Gasteiger partial charge < -0.3 is 14.5 Å². The summed E-state index contributed by atoms with van der Waals surface area (Å²) in [5.41, 5.74) is 0.132. The summed E-state index contributed by atoms with van der Waals surface area (Å²) < 4.78 is 20.1. The van der Waals surface area contributed by atoms with Crippen molar-refractivity contribution in [2.24, 2.45) is 5.41 Å². The highest BCUT2D eigenvalue weighted by Gasteiger charge is 2.41. The van der Waals surface area contributed by atoms with Gasteiger partial charge in [-0.3, -0.25) is 9.59 Å². The second-order valence-corrected chi connectivity index (χ2v) is 10.0. The fourth-order valence-electron chi connectivity index (χ4n) is 4.84. The van der Waals surface area contributed by atoms with Crippen molar-refractivity contribution in [3.63, 3.8) is 0 Å². The van der Waals surface area contributed by atoms with E-state index in [1.165, 1.54) is 12.1 Å². The van der Waals surface area contributed by atoms with Crippen molar-refractivity contribution in [3.05, 3.63) is 64.4 Å². The van der Waals surface area contributed by atoms with Gasteiger partial charge in [-0.2, -0.15) is 0 Å². The number of carbonyl (C=O) groups excluding carboxylic acids is 2. The minimum Gasteiger partial charge on any atom is -0.493 e. The number of likely N-dealkylation sites (tertiary alicyclic amines) is 2. The molecule has 2 aliphatic heterocycles. The number of piperidine rings is 2. The van der Waals surface area contributed by atoms with Crippen molar-refractivity contribution in [2.45, 2.75) is 38.5 Å². The van der Waals surface area contributed by atoms with Crippen LogP contribution >= 0.6 is 15.9 Å². The maximum Gasteiger partial charge on any atom is 0.255 e. The van der Waals surface area contributed by atoms with Gasteiger partial charge in [-0.05, 0) is 84.4 Å². The number of nitrogens with zero attached hydrogens (tertiary/aromatic N) is 2. The van der Waals surface area contributed by atoms with Gasteiger partial charge in [-0.15, -0.1) is 0 Å². The predicted molar refractivity (Wildman–Crippen MR) is 129 cm³/mol. The first-order chi connectivity index (χ1) is 16.0. The monoisotopic (exact) mass is 516 g/mol. The molecular weight excluding hydrogens is 487 g/mol. The van der Waals surface area contributed by atoms with Crippen LogP contribution in [0.4, 0.5) is 4.39 Å². The highest BCUT2D eigenvalue weighted by molar-refractivity contribution is 9.10. The number of amides is 2. The number of hydrogen-bond donors (Lipinski definition) is 0. The lowest BCUT2D eigenvalue weighted by atomic mass is 9.77. The molecule has 1 atom stereocenters. The molecule has 4 rings (SSSR count). The summed E-state index contributed by atoms with van der Waals surface area (Å²) in [6, 6.07) is 13.3. The van der Waals surface area contributed by atoms with Crippen molar-refractivity contribution < 1.29 is 18.7 Å².